The number of imidazole rings is 1. The Morgan fingerprint density at radius 2 is 2.17 bits per heavy atom. The molecule has 3 N–H and O–H groups in total. The molecule has 0 bridgehead atoms. The number of hydrogen-bond acceptors (Lipinski definition) is 5. The molecule has 1 fully saturated rings. The van der Waals surface area contributed by atoms with Gasteiger partial charge in [0.25, 0.3) is 5.56 Å². The average Bonchev–Trinajstić information content (AvgIpc) is 2.88. The topological polar surface area (TPSA) is 104 Å². The van der Waals surface area contributed by atoms with E-state index in [4.69, 9.17) is 0 Å². The van der Waals surface area contributed by atoms with Crippen LogP contribution in [0.1, 0.15) is 19.4 Å². The summed E-state index contributed by atoms with van der Waals surface area (Å²) < 4.78 is 1.67. The fourth-order valence-electron chi connectivity index (χ4n) is 2.61. The van der Waals surface area contributed by atoms with Crippen molar-refractivity contribution in [2.75, 3.05) is 0 Å². The Morgan fingerprint density at radius 1 is 1.39 bits per heavy atom. The summed E-state index contributed by atoms with van der Waals surface area (Å²) in [5.41, 5.74) is 0.377. The molecule has 1 aliphatic rings. The number of nitrogens with one attached hydrogen (secondary N) is 1. The molecule has 2 heterocycles. The van der Waals surface area contributed by atoms with Crippen molar-refractivity contribution in [2.45, 2.75) is 31.6 Å². The average molecular weight is 250 g/mol. The van der Waals surface area contributed by atoms with E-state index < -0.39 is 12.2 Å². The first kappa shape index (κ1) is 11.4. The summed E-state index contributed by atoms with van der Waals surface area (Å²) in [4.78, 5) is 22.1. The van der Waals surface area contributed by atoms with Crippen molar-refractivity contribution >= 4 is 11.2 Å². The van der Waals surface area contributed by atoms with Gasteiger partial charge in [0.05, 0.1) is 24.8 Å². The lowest BCUT2D eigenvalue weighted by molar-refractivity contribution is 0.00964. The summed E-state index contributed by atoms with van der Waals surface area (Å²) >= 11 is 0. The van der Waals surface area contributed by atoms with E-state index >= 15 is 0 Å². The molecule has 0 aromatic carbocycles. The summed E-state index contributed by atoms with van der Waals surface area (Å²) in [7, 11) is 0. The van der Waals surface area contributed by atoms with Gasteiger partial charge < -0.3 is 19.8 Å². The first-order valence-electron chi connectivity index (χ1n) is 5.86. The highest BCUT2D eigenvalue weighted by molar-refractivity contribution is 5.69. The third-order valence-electron chi connectivity index (χ3n) is 3.66. The van der Waals surface area contributed by atoms with Crippen LogP contribution in [0.4, 0.5) is 0 Å². The van der Waals surface area contributed by atoms with Crippen LogP contribution in [0, 0.1) is 5.92 Å². The largest absolute Gasteiger partial charge is 0.390 e. The van der Waals surface area contributed by atoms with Crippen LogP contribution in [0.15, 0.2) is 17.4 Å². The molecular formula is C11H14N4O3. The Labute approximate surface area is 102 Å². The molecule has 2 aromatic heterocycles. The molecular weight excluding hydrogens is 236 g/mol. The van der Waals surface area contributed by atoms with Crippen LogP contribution >= 0.6 is 0 Å². The van der Waals surface area contributed by atoms with E-state index in [2.05, 4.69) is 15.0 Å². The first-order chi connectivity index (χ1) is 8.59. The SMILES string of the molecule is C[C@H]1C[C@@H](n2cnc3c(=O)[nH]cnc32)[C@H](O)[C@@H]1O. The maximum Gasteiger partial charge on any atom is 0.278 e. The molecule has 0 spiro atoms. The van der Waals surface area contributed by atoms with Gasteiger partial charge in [-0.25, -0.2) is 9.97 Å². The van der Waals surface area contributed by atoms with E-state index in [1.807, 2.05) is 6.92 Å². The standard InChI is InChI=1S/C11H14N4O3/c1-5-2-6(9(17)8(5)16)15-4-14-7-10(15)12-3-13-11(7)18/h3-6,8-9,16-17H,2H2,1H3,(H,12,13,18)/t5-,6+,8+,9-/m0/s1. The third-order valence-corrected chi connectivity index (χ3v) is 3.66. The van der Waals surface area contributed by atoms with Crippen molar-refractivity contribution in [2.24, 2.45) is 5.92 Å². The van der Waals surface area contributed by atoms with Crippen LogP contribution in [-0.2, 0) is 0 Å². The quantitative estimate of drug-likeness (QED) is 0.628. The summed E-state index contributed by atoms with van der Waals surface area (Å²) in [5, 5.41) is 19.8. The van der Waals surface area contributed by atoms with Gasteiger partial charge in [-0.05, 0) is 12.3 Å². The molecule has 0 aliphatic heterocycles. The monoisotopic (exact) mass is 250 g/mol. The van der Waals surface area contributed by atoms with Crippen molar-refractivity contribution in [3.8, 4) is 0 Å². The second-order valence-corrected chi connectivity index (χ2v) is 4.82. The van der Waals surface area contributed by atoms with Crippen molar-refractivity contribution in [3.05, 3.63) is 23.0 Å². The van der Waals surface area contributed by atoms with Crippen molar-refractivity contribution < 1.29 is 10.2 Å². The van der Waals surface area contributed by atoms with Gasteiger partial charge in [-0.1, -0.05) is 6.92 Å². The number of aromatic nitrogens is 4. The number of aromatic amines is 1. The predicted molar refractivity (Wildman–Crippen MR) is 63.0 cm³/mol. The second-order valence-electron chi connectivity index (χ2n) is 4.82. The van der Waals surface area contributed by atoms with Crippen LogP contribution in [0.25, 0.3) is 11.2 Å². The molecule has 96 valence electrons. The fraction of sp³-hybridized carbons (Fsp3) is 0.545. The van der Waals surface area contributed by atoms with Gasteiger partial charge in [0.2, 0.25) is 0 Å². The van der Waals surface area contributed by atoms with Crippen LogP contribution < -0.4 is 5.56 Å². The Balaban J connectivity index is 2.11. The van der Waals surface area contributed by atoms with E-state index in [1.54, 1.807) is 4.57 Å². The van der Waals surface area contributed by atoms with E-state index in [9.17, 15) is 15.0 Å². The summed E-state index contributed by atoms with van der Waals surface area (Å²) in [6.45, 7) is 1.88. The summed E-state index contributed by atoms with van der Waals surface area (Å²) in [6.07, 6.45) is 1.81. The molecule has 2 aromatic rings. The maximum absolute atomic E-state index is 11.5. The van der Waals surface area contributed by atoms with Crippen LogP contribution in [0.3, 0.4) is 0 Å². The van der Waals surface area contributed by atoms with E-state index in [1.165, 1.54) is 12.7 Å². The molecule has 0 saturated heterocycles. The minimum Gasteiger partial charge on any atom is -0.390 e. The minimum absolute atomic E-state index is 0.00412. The van der Waals surface area contributed by atoms with Gasteiger partial charge in [-0.3, -0.25) is 4.79 Å². The normalized spacial score (nSPS) is 32.2. The predicted octanol–water partition coefficient (Wildman–Crippen LogP) is -0.578. The van der Waals surface area contributed by atoms with Crippen LogP contribution in [0.2, 0.25) is 0 Å². The Hall–Kier alpha value is -1.73. The molecule has 18 heavy (non-hydrogen) atoms. The van der Waals surface area contributed by atoms with E-state index in [0.717, 1.165) is 0 Å². The van der Waals surface area contributed by atoms with Gasteiger partial charge in [-0.2, -0.15) is 0 Å². The Kier molecular flexibility index (Phi) is 2.46. The van der Waals surface area contributed by atoms with E-state index in [0.29, 0.717) is 12.1 Å². The summed E-state index contributed by atoms with van der Waals surface area (Å²) in [6, 6.07) is -0.297. The molecule has 4 atom stereocenters. The lowest BCUT2D eigenvalue weighted by Gasteiger charge is -2.17. The van der Waals surface area contributed by atoms with Gasteiger partial charge >= 0.3 is 0 Å². The smallest absolute Gasteiger partial charge is 0.278 e. The molecule has 7 nitrogen and oxygen atoms in total. The number of H-pyrrole nitrogens is 1. The zero-order valence-electron chi connectivity index (χ0n) is 9.82. The van der Waals surface area contributed by atoms with E-state index in [-0.39, 0.29) is 23.0 Å². The highest BCUT2D eigenvalue weighted by atomic mass is 16.3. The van der Waals surface area contributed by atoms with Crippen molar-refractivity contribution in [1.82, 2.24) is 19.5 Å². The molecule has 0 amide bonds. The molecule has 7 heteroatoms. The summed E-state index contributed by atoms with van der Waals surface area (Å²) in [5.74, 6) is 0.00412. The number of aliphatic hydroxyl groups excluding tert-OH is 2. The minimum atomic E-state index is -0.863. The Bertz CT molecular complexity index is 634. The van der Waals surface area contributed by atoms with Gasteiger partial charge in [0, 0.05) is 0 Å². The molecule has 0 unspecified atom stereocenters. The number of hydrogen-bond donors (Lipinski definition) is 3. The van der Waals surface area contributed by atoms with Gasteiger partial charge in [-0.15, -0.1) is 0 Å². The number of rotatable bonds is 1. The van der Waals surface area contributed by atoms with Gasteiger partial charge in [0.15, 0.2) is 11.2 Å². The lowest BCUT2D eigenvalue weighted by atomic mass is 10.1. The molecule has 1 aliphatic carbocycles. The van der Waals surface area contributed by atoms with Crippen molar-refractivity contribution in [1.29, 1.82) is 0 Å². The van der Waals surface area contributed by atoms with Crippen LogP contribution in [-0.4, -0.2) is 41.9 Å². The second kappa shape index (κ2) is 3.89. The number of fused-ring (bicyclic) bond motifs is 1. The number of nitrogens with zero attached hydrogens (tertiary/aromatic N) is 3. The lowest BCUT2D eigenvalue weighted by Crippen LogP contribution is -2.28. The molecule has 1 saturated carbocycles. The molecule has 0 radical (unpaired) electrons. The molecule has 3 rings (SSSR count). The highest BCUT2D eigenvalue weighted by Crippen LogP contribution is 2.35. The first-order valence-corrected chi connectivity index (χ1v) is 5.86. The third kappa shape index (κ3) is 1.48. The fourth-order valence-corrected chi connectivity index (χ4v) is 2.61. The van der Waals surface area contributed by atoms with Crippen LogP contribution in [0.5, 0.6) is 0 Å². The zero-order valence-corrected chi connectivity index (χ0v) is 9.82. The maximum atomic E-state index is 11.5. The number of aliphatic hydroxyl groups is 2. The Morgan fingerprint density at radius 3 is 2.83 bits per heavy atom. The highest BCUT2D eigenvalue weighted by Gasteiger charge is 2.40. The zero-order chi connectivity index (χ0) is 12.9. The van der Waals surface area contributed by atoms with Crippen molar-refractivity contribution in [3.63, 3.8) is 0 Å². The van der Waals surface area contributed by atoms with Gasteiger partial charge in [0.1, 0.15) is 6.10 Å².